The van der Waals surface area contributed by atoms with Crippen LogP contribution < -0.4 is 4.90 Å². The van der Waals surface area contributed by atoms with E-state index < -0.39 is 5.60 Å². The third kappa shape index (κ3) is 4.32. The van der Waals surface area contributed by atoms with Gasteiger partial charge in [-0.15, -0.1) is 11.3 Å². The van der Waals surface area contributed by atoms with Crippen molar-refractivity contribution in [2.24, 2.45) is 0 Å². The number of nitrogens with one attached hydrogen (secondary N) is 3. The molecule has 4 N–H and O–H groups in total. The zero-order valence-electron chi connectivity index (χ0n) is 20.7. The van der Waals surface area contributed by atoms with Crippen LogP contribution in [0.2, 0.25) is 0 Å². The van der Waals surface area contributed by atoms with Crippen molar-refractivity contribution in [2.75, 3.05) is 11.9 Å². The molecular weight excluding hydrogens is 484 g/mol. The van der Waals surface area contributed by atoms with Crippen molar-refractivity contribution >= 4 is 44.1 Å². The number of hydrogen-bond donors (Lipinski definition) is 4. The summed E-state index contributed by atoms with van der Waals surface area (Å²) in [5, 5.41) is 26.3. The number of rotatable bonds is 6. The molecule has 2 aromatic carbocycles. The van der Waals surface area contributed by atoms with E-state index in [1.807, 2.05) is 48.7 Å². The number of aromatic amines is 3. The van der Waals surface area contributed by atoms with E-state index in [0.717, 1.165) is 54.2 Å². The Kier molecular flexibility index (Phi) is 5.47. The Balaban J connectivity index is 1.45. The van der Waals surface area contributed by atoms with E-state index in [1.165, 1.54) is 0 Å². The predicted molar refractivity (Wildman–Crippen MR) is 148 cm³/mol. The monoisotopic (exact) mass is 510 g/mol. The van der Waals surface area contributed by atoms with Gasteiger partial charge in [-0.2, -0.15) is 10.2 Å². The van der Waals surface area contributed by atoms with E-state index in [4.69, 9.17) is 0 Å². The quantitative estimate of drug-likeness (QED) is 0.228. The number of hydrogen-bond acceptors (Lipinski definition) is 5. The Morgan fingerprint density at radius 3 is 2.65 bits per heavy atom. The summed E-state index contributed by atoms with van der Waals surface area (Å²) in [6.45, 7) is 3.58. The molecule has 0 bridgehead atoms. The Bertz CT molecular complexity index is 1720. The summed E-state index contributed by atoms with van der Waals surface area (Å²) < 4.78 is 1.04. The molecule has 0 spiro atoms. The third-order valence-electron chi connectivity index (χ3n) is 6.42. The molecule has 4 aromatic heterocycles. The van der Waals surface area contributed by atoms with Gasteiger partial charge in [0.15, 0.2) is 0 Å². The zero-order valence-corrected chi connectivity index (χ0v) is 21.5. The number of amides is 1. The largest absolute Gasteiger partial charge is 0.390 e. The van der Waals surface area contributed by atoms with Gasteiger partial charge in [-0.05, 0) is 55.8 Å². The van der Waals surface area contributed by atoms with Gasteiger partial charge < -0.3 is 15.0 Å². The van der Waals surface area contributed by atoms with E-state index in [0.29, 0.717) is 12.0 Å². The van der Waals surface area contributed by atoms with Crippen molar-refractivity contribution < 1.29 is 9.90 Å². The van der Waals surface area contributed by atoms with Crippen LogP contribution in [0.3, 0.4) is 0 Å². The molecule has 0 aliphatic carbocycles. The zero-order chi connectivity index (χ0) is 25.7. The molecule has 0 aliphatic rings. The summed E-state index contributed by atoms with van der Waals surface area (Å²) in [6, 6.07) is 17.3. The van der Waals surface area contributed by atoms with Crippen molar-refractivity contribution in [3.8, 4) is 21.8 Å². The number of carbonyl (C=O) groups is 1. The van der Waals surface area contributed by atoms with Gasteiger partial charge in [0.25, 0.3) is 5.91 Å². The average molecular weight is 511 g/mol. The molecule has 0 saturated heterocycles. The van der Waals surface area contributed by atoms with E-state index in [9.17, 15) is 9.90 Å². The number of H-pyrrole nitrogens is 3. The maximum atomic E-state index is 13.2. The summed E-state index contributed by atoms with van der Waals surface area (Å²) in [5.41, 5.74) is 5.96. The van der Waals surface area contributed by atoms with Crippen LogP contribution in [0.5, 0.6) is 0 Å². The standard InChI is InChI=1S/C28H26N6O2S/c1-28(2,36)13-17-9-19(34(3)27(35)16-7-5-4-6-8-16)10-21-20(17)11-22(31-21)25-26-23(32-33-25)12-24(37-26)18-14-29-30-15-18/h4-12,14-15,31,36H,13H2,1-3H3,(H,29,30)(H,32,33). The van der Waals surface area contributed by atoms with Gasteiger partial charge in [-0.1, -0.05) is 18.2 Å². The molecular formula is C28H26N6O2S. The molecule has 6 aromatic rings. The smallest absolute Gasteiger partial charge is 0.258 e. The van der Waals surface area contributed by atoms with E-state index >= 15 is 0 Å². The van der Waals surface area contributed by atoms with Gasteiger partial charge in [-0.25, -0.2) is 0 Å². The molecule has 186 valence electrons. The number of nitrogens with zero attached hydrogens (tertiary/aromatic N) is 3. The first kappa shape index (κ1) is 23.2. The number of anilines is 1. The lowest BCUT2D eigenvalue weighted by Gasteiger charge is -2.22. The summed E-state index contributed by atoms with van der Waals surface area (Å²) >= 11 is 1.65. The van der Waals surface area contributed by atoms with Crippen LogP contribution in [0, 0.1) is 0 Å². The van der Waals surface area contributed by atoms with Crippen LogP contribution in [0.1, 0.15) is 29.8 Å². The second-order valence-electron chi connectivity index (χ2n) is 9.88. The summed E-state index contributed by atoms with van der Waals surface area (Å²) in [5.74, 6) is -0.0969. The first-order chi connectivity index (χ1) is 17.8. The molecule has 0 radical (unpaired) electrons. The SMILES string of the molecule is CN(C(=O)c1ccccc1)c1cc(CC(C)(C)O)c2cc(-c3n[nH]c4cc(-c5cn[nH]c5)sc34)[nH]c2c1. The fraction of sp³-hybridized carbons (Fsp3) is 0.179. The molecule has 8 nitrogen and oxygen atoms in total. The summed E-state index contributed by atoms with van der Waals surface area (Å²) in [7, 11) is 1.77. The molecule has 0 saturated carbocycles. The van der Waals surface area contributed by atoms with Crippen LogP contribution in [0.4, 0.5) is 5.69 Å². The van der Waals surface area contributed by atoms with Crippen molar-refractivity contribution in [1.82, 2.24) is 25.4 Å². The topological polar surface area (TPSA) is 114 Å². The van der Waals surface area contributed by atoms with Gasteiger partial charge in [0, 0.05) is 52.3 Å². The number of fused-ring (bicyclic) bond motifs is 2. The second kappa shape index (κ2) is 8.72. The highest BCUT2D eigenvalue weighted by Gasteiger charge is 2.22. The van der Waals surface area contributed by atoms with Crippen molar-refractivity contribution in [3.63, 3.8) is 0 Å². The maximum Gasteiger partial charge on any atom is 0.258 e. The molecule has 0 aliphatic heterocycles. The van der Waals surface area contributed by atoms with Crippen LogP contribution in [-0.2, 0) is 6.42 Å². The van der Waals surface area contributed by atoms with Gasteiger partial charge in [-0.3, -0.25) is 15.0 Å². The molecule has 0 atom stereocenters. The molecule has 0 unspecified atom stereocenters. The molecule has 37 heavy (non-hydrogen) atoms. The lowest BCUT2D eigenvalue weighted by Crippen LogP contribution is -2.27. The fourth-order valence-corrected chi connectivity index (χ4v) is 5.74. The summed E-state index contributed by atoms with van der Waals surface area (Å²) in [6.07, 6.45) is 4.11. The Morgan fingerprint density at radius 1 is 1.11 bits per heavy atom. The molecule has 0 fully saturated rings. The molecule has 9 heteroatoms. The normalized spacial score (nSPS) is 12.0. The van der Waals surface area contributed by atoms with E-state index in [-0.39, 0.29) is 5.91 Å². The van der Waals surface area contributed by atoms with Crippen molar-refractivity contribution in [3.05, 3.63) is 78.1 Å². The Labute approximate surface area is 217 Å². The number of benzene rings is 2. The Morgan fingerprint density at radius 2 is 1.92 bits per heavy atom. The highest BCUT2D eigenvalue weighted by Crippen LogP contribution is 2.39. The average Bonchev–Trinajstić information content (AvgIpc) is 3.65. The number of carbonyl (C=O) groups excluding carboxylic acids is 1. The van der Waals surface area contributed by atoms with Crippen molar-refractivity contribution in [2.45, 2.75) is 25.9 Å². The predicted octanol–water partition coefficient (Wildman–Crippen LogP) is 5.75. The fourth-order valence-electron chi connectivity index (χ4n) is 4.65. The minimum absolute atomic E-state index is 0.0969. The minimum atomic E-state index is -0.919. The minimum Gasteiger partial charge on any atom is -0.390 e. The molecule has 4 heterocycles. The third-order valence-corrected chi connectivity index (χ3v) is 7.61. The second-order valence-corrected chi connectivity index (χ2v) is 10.9. The maximum absolute atomic E-state index is 13.2. The van der Waals surface area contributed by atoms with E-state index in [1.54, 1.807) is 43.3 Å². The number of aliphatic hydroxyl groups is 1. The van der Waals surface area contributed by atoms with Crippen LogP contribution in [0.15, 0.2) is 67.0 Å². The highest BCUT2D eigenvalue weighted by molar-refractivity contribution is 7.22. The lowest BCUT2D eigenvalue weighted by atomic mass is 9.95. The lowest BCUT2D eigenvalue weighted by molar-refractivity contribution is 0.0813. The van der Waals surface area contributed by atoms with Crippen LogP contribution in [-0.4, -0.2) is 49.0 Å². The number of aromatic nitrogens is 5. The Hall–Kier alpha value is -4.21. The highest BCUT2D eigenvalue weighted by atomic mass is 32.1. The van der Waals surface area contributed by atoms with Crippen molar-refractivity contribution in [1.29, 1.82) is 0 Å². The van der Waals surface area contributed by atoms with Gasteiger partial charge in [0.05, 0.1) is 27.7 Å². The van der Waals surface area contributed by atoms with Crippen LogP contribution in [0.25, 0.3) is 42.9 Å². The van der Waals surface area contributed by atoms with Gasteiger partial charge in [0.2, 0.25) is 0 Å². The van der Waals surface area contributed by atoms with E-state index in [2.05, 4.69) is 37.5 Å². The molecule has 6 rings (SSSR count). The first-order valence-electron chi connectivity index (χ1n) is 12.0. The summed E-state index contributed by atoms with van der Waals surface area (Å²) in [4.78, 5) is 19.4. The van der Waals surface area contributed by atoms with Gasteiger partial charge >= 0.3 is 0 Å². The van der Waals surface area contributed by atoms with Crippen LogP contribution >= 0.6 is 11.3 Å². The van der Waals surface area contributed by atoms with Gasteiger partial charge in [0.1, 0.15) is 5.69 Å². The first-order valence-corrected chi connectivity index (χ1v) is 12.8. The molecule has 1 amide bonds. The number of thiophene rings is 1.